The third kappa shape index (κ3) is 3.71. The van der Waals surface area contributed by atoms with Crippen molar-refractivity contribution in [2.45, 2.75) is 13.1 Å². The van der Waals surface area contributed by atoms with Gasteiger partial charge in [0, 0.05) is 18.7 Å². The van der Waals surface area contributed by atoms with E-state index in [9.17, 15) is 32.3 Å². The predicted octanol–water partition coefficient (Wildman–Crippen LogP) is 2.90. The maximum Gasteiger partial charge on any atom is 0.431 e. The number of aromatic hydroxyl groups is 1. The van der Waals surface area contributed by atoms with Gasteiger partial charge in [0.05, 0.1) is 0 Å². The lowest BCUT2D eigenvalue weighted by molar-refractivity contribution is -0.144. The molecule has 0 radical (unpaired) electrons. The lowest BCUT2D eigenvalue weighted by Gasteiger charge is -2.15. The van der Waals surface area contributed by atoms with E-state index in [4.69, 9.17) is 4.74 Å². The summed E-state index contributed by atoms with van der Waals surface area (Å²) < 4.78 is 59.2. The molecule has 0 amide bonds. The first kappa shape index (κ1) is 20.1. The molecule has 29 heavy (non-hydrogen) atoms. The van der Waals surface area contributed by atoms with Crippen molar-refractivity contribution in [2.24, 2.45) is 7.05 Å². The van der Waals surface area contributed by atoms with E-state index in [1.807, 2.05) is 0 Å². The Morgan fingerprint density at radius 1 is 1.14 bits per heavy atom. The monoisotopic (exact) mass is 411 g/mol. The van der Waals surface area contributed by atoms with Crippen LogP contribution < -0.4 is 16.0 Å². The average Bonchev–Trinajstić information content (AvgIpc) is 2.62. The highest BCUT2D eigenvalue weighted by atomic mass is 19.4. The van der Waals surface area contributed by atoms with Crippen LogP contribution in [-0.2, 0) is 13.2 Å². The number of ether oxygens (including phenoxy) is 1. The minimum atomic E-state index is -4.95. The van der Waals surface area contributed by atoms with Crippen LogP contribution in [0.1, 0.15) is 11.3 Å². The number of para-hydroxylation sites is 2. The predicted molar refractivity (Wildman–Crippen MR) is 93.0 cm³/mol. The van der Waals surface area contributed by atoms with Crippen molar-refractivity contribution in [3.63, 3.8) is 0 Å². The Kier molecular flexibility index (Phi) is 4.91. The number of phenols is 1. The molecule has 11 heteroatoms. The Bertz CT molecular complexity index is 1220. The Hall–Kier alpha value is -3.63. The van der Waals surface area contributed by atoms with E-state index >= 15 is 0 Å². The second kappa shape index (κ2) is 7.08. The number of pyridine rings is 1. The Labute approximate surface area is 160 Å². The first-order valence-corrected chi connectivity index (χ1v) is 8.04. The summed E-state index contributed by atoms with van der Waals surface area (Å²) in [5.41, 5.74) is -4.17. The van der Waals surface area contributed by atoms with E-state index in [-0.39, 0.29) is 38.1 Å². The zero-order chi connectivity index (χ0) is 21.5. The second-order valence-corrected chi connectivity index (χ2v) is 6.03. The van der Waals surface area contributed by atoms with Crippen molar-refractivity contribution in [3.8, 4) is 23.2 Å². The zero-order valence-corrected chi connectivity index (χ0v) is 15.0. The summed E-state index contributed by atoms with van der Waals surface area (Å²) >= 11 is 0. The first-order valence-electron chi connectivity index (χ1n) is 8.04. The molecule has 0 saturated heterocycles. The van der Waals surface area contributed by atoms with Gasteiger partial charge in [-0.1, -0.05) is 12.1 Å². The van der Waals surface area contributed by atoms with Gasteiger partial charge in [0.25, 0.3) is 5.56 Å². The molecule has 0 spiro atoms. The van der Waals surface area contributed by atoms with Gasteiger partial charge < -0.3 is 9.84 Å². The van der Waals surface area contributed by atoms with Gasteiger partial charge in [-0.2, -0.15) is 18.2 Å². The van der Waals surface area contributed by atoms with Crippen LogP contribution in [-0.4, -0.2) is 19.2 Å². The van der Waals surface area contributed by atoms with Crippen LogP contribution in [0, 0.1) is 12.7 Å². The number of hydrogen-bond donors (Lipinski definition) is 1. The Balaban J connectivity index is 2.20. The summed E-state index contributed by atoms with van der Waals surface area (Å²) in [5, 5.41) is 9.79. The lowest BCUT2D eigenvalue weighted by Crippen LogP contribution is -2.41. The van der Waals surface area contributed by atoms with Crippen LogP contribution in [0.3, 0.4) is 0 Å². The minimum absolute atomic E-state index is 0.0340. The van der Waals surface area contributed by atoms with Crippen molar-refractivity contribution < 1.29 is 27.4 Å². The van der Waals surface area contributed by atoms with Gasteiger partial charge in [0.15, 0.2) is 23.1 Å². The average molecular weight is 411 g/mol. The molecule has 2 aromatic heterocycles. The molecule has 0 aliphatic heterocycles. The fourth-order valence-electron chi connectivity index (χ4n) is 2.55. The summed E-state index contributed by atoms with van der Waals surface area (Å²) in [5.74, 6) is -2.49. The Morgan fingerprint density at radius 2 is 1.79 bits per heavy atom. The van der Waals surface area contributed by atoms with Crippen molar-refractivity contribution in [3.05, 3.63) is 74.3 Å². The molecule has 0 unspecified atom stereocenters. The molecule has 2 heterocycles. The number of phenolic OH excluding ortho intramolecular Hbond substituents is 1. The van der Waals surface area contributed by atoms with Crippen LogP contribution in [0.15, 0.2) is 46.0 Å². The fraction of sp³-hybridized carbons (Fsp3) is 0.167. The van der Waals surface area contributed by atoms with Crippen LogP contribution in [0.5, 0.6) is 17.4 Å². The molecular weight excluding hydrogens is 398 g/mol. The largest absolute Gasteiger partial charge is 0.504 e. The molecule has 0 saturated carbocycles. The third-order valence-corrected chi connectivity index (χ3v) is 4.00. The number of halogens is 4. The van der Waals surface area contributed by atoms with E-state index in [1.54, 1.807) is 6.07 Å². The molecule has 1 N–H and O–H groups in total. The second-order valence-electron chi connectivity index (χ2n) is 6.03. The molecule has 7 nitrogen and oxygen atoms in total. The van der Waals surface area contributed by atoms with Crippen molar-refractivity contribution in [1.29, 1.82) is 0 Å². The number of alkyl halides is 3. The topological polar surface area (TPSA) is 86.4 Å². The van der Waals surface area contributed by atoms with E-state index < -0.39 is 34.8 Å². The highest BCUT2D eigenvalue weighted by Crippen LogP contribution is 2.31. The molecule has 3 rings (SSSR count). The van der Waals surface area contributed by atoms with Gasteiger partial charge in [-0.15, -0.1) is 0 Å². The molecule has 0 aliphatic carbocycles. The lowest BCUT2D eigenvalue weighted by atomic mass is 10.2. The van der Waals surface area contributed by atoms with Crippen molar-refractivity contribution in [2.75, 3.05) is 0 Å². The van der Waals surface area contributed by atoms with Crippen LogP contribution >= 0.6 is 0 Å². The fourth-order valence-corrected chi connectivity index (χ4v) is 2.55. The smallest absolute Gasteiger partial charge is 0.431 e. The van der Waals surface area contributed by atoms with Gasteiger partial charge in [-0.05, 0) is 25.1 Å². The van der Waals surface area contributed by atoms with Crippen LogP contribution in [0.4, 0.5) is 17.6 Å². The minimum Gasteiger partial charge on any atom is -0.504 e. The van der Waals surface area contributed by atoms with Crippen molar-refractivity contribution >= 4 is 0 Å². The summed E-state index contributed by atoms with van der Waals surface area (Å²) in [7, 11) is 0.798. The molecule has 3 aromatic rings. The standard InChI is InChI=1S/C18H13F4N3O4/c1-9-7-10(19)15(23-16(9)29-12-6-4-3-5-11(12)26)25-14(27)8-13(18(20,21)22)24(2)17(25)28/h3-8,26H,1-2H3. The normalized spacial score (nSPS) is 11.5. The van der Waals surface area contributed by atoms with Gasteiger partial charge in [0.2, 0.25) is 5.88 Å². The number of benzene rings is 1. The molecular formula is C18H13F4N3O4. The molecule has 1 aromatic carbocycles. The third-order valence-electron chi connectivity index (χ3n) is 4.00. The van der Waals surface area contributed by atoms with Gasteiger partial charge in [0.1, 0.15) is 5.69 Å². The highest BCUT2D eigenvalue weighted by molar-refractivity contribution is 5.43. The SMILES string of the molecule is Cc1cc(F)c(-n2c(=O)cc(C(F)(F)F)n(C)c2=O)nc1Oc1ccccc1O. The number of aryl methyl sites for hydroxylation is 1. The number of hydrogen-bond acceptors (Lipinski definition) is 5. The quantitative estimate of drug-likeness (QED) is 0.670. The van der Waals surface area contributed by atoms with Crippen LogP contribution in [0.2, 0.25) is 0 Å². The molecule has 0 bridgehead atoms. The zero-order valence-electron chi connectivity index (χ0n) is 15.0. The first-order chi connectivity index (χ1) is 13.5. The number of aromatic nitrogens is 3. The summed E-state index contributed by atoms with van der Waals surface area (Å²) in [6.45, 7) is 1.42. The van der Waals surface area contributed by atoms with E-state index in [2.05, 4.69) is 4.98 Å². The van der Waals surface area contributed by atoms with Gasteiger partial charge in [-0.3, -0.25) is 9.36 Å². The number of nitrogens with zero attached hydrogens (tertiary/aromatic N) is 3. The molecule has 152 valence electrons. The highest BCUT2D eigenvalue weighted by Gasteiger charge is 2.35. The maximum absolute atomic E-state index is 14.5. The number of rotatable bonds is 3. The molecule has 0 fully saturated rings. The van der Waals surface area contributed by atoms with E-state index in [1.165, 1.54) is 25.1 Å². The maximum atomic E-state index is 14.5. The molecule has 0 atom stereocenters. The van der Waals surface area contributed by atoms with Crippen LogP contribution in [0.25, 0.3) is 5.82 Å². The summed E-state index contributed by atoms with van der Waals surface area (Å²) in [6, 6.07) is 6.87. The van der Waals surface area contributed by atoms with Crippen molar-refractivity contribution in [1.82, 2.24) is 14.1 Å². The van der Waals surface area contributed by atoms with Gasteiger partial charge >= 0.3 is 11.9 Å². The Morgan fingerprint density at radius 3 is 2.41 bits per heavy atom. The van der Waals surface area contributed by atoms with E-state index in [0.717, 1.165) is 13.1 Å². The summed E-state index contributed by atoms with van der Waals surface area (Å²) in [4.78, 5) is 28.3. The van der Waals surface area contributed by atoms with Gasteiger partial charge in [-0.25, -0.2) is 13.8 Å². The van der Waals surface area contributed by atoms with E-state index in [0.29, 0.717) is 0 Å². The summed E-state index contributed by atoms with van der Waals surface area (Å²) in [6.07, 6.45) is -4.95. The molecule has 0 aliphatic rings.